The Morgan fingerprint density at radius 3 is 3.00 bits per heavy atom. The fourth-order valence-electron chi connectivity index (χ4n) is 1.33. The zero-order valence-corrected chi connectivity index (χ0v) is 10.3. The van der Waals surface area contributed by atoms with Gasteiger partial charge in [-0.25, -0.2) is 9.38 Å². The van der Waals surface area contributed by atoms with E-state index in [2.05, 4.69) is 10.5 Å². The lowest BCUT2D eigenvalue weighted by atomic mass is 10.3. The quantitative estimate of drug-likeness (QED) is 0.508. The largest absolute Gasteiger partial charge is 0.275 e. The molecule has 0 aromatic heterocycles. The van der Waals surface area contributed by atoms with Crippen LogP contribution >= 0.6 is 11.6 Å². The number of rotatable bonds is 4. The number of aliphatic imine (C=N–C) groups is 1. The van der Waals surface area contributed by atoms with E-state index in [1.807, 2.05) is 0 Å². The molecule has 2 rings (SSSR count). The number of hydrogen-bond donors (Lipinski definition) is 1. The Balaban J connectivity index is 1.96. The summed E-state index contributed by atoms with van der Waals surface area (Å²) in [6.45, 7) is 2.37. The summed E-state index contributed by atoms with van der Waals surface area (Å²) < 4.78 is 13.4. The Morgan fingerprint density at radius 1 is 1.59 bits per heavy atom. The summed E-state index contributed by atoms with van der Waals surface area (Å²) in [7, 11) is 0. The van der Waals surface area contributed by atoms with Crippen molar-refractivity contribution < 1.29 is 9.23 Å². The molecule has 1 fully saturated rings. The smallest absolute Gasteiger partial charge is 0.150 e. The van der Waals surface area contributed by atoms with Crippen molar-refractivity contribution in [3.05, 3.63) is 29.0 Å². The first-order valence-electron chi connectivity index (χ1n) is 5.54. The second-order valence-electron chi connectivity index (χ2n) is 4.12. The van der Waals surface area contributed by atoms with E-state index in [4.69, 9.17) is 16.4 Å². The second-order valence-corrected chi connectivity index (χ2v) is 4.53. The Bertz CT molecular complexity index is 412. The number of halogens is 2. The lowest BCUT2D eigenvalue weighted by molar-refractivity contribution is 0.0760. The molecule has 17 heavy (non-hydrogen) atoms. The molecular formula is C12H14ClFN2O. The molecule has 1 saturated carbocycles. The number of hydrogen-bond acceptors (Lipinski definition) is 2. The van der Waals surface area contributed by atoms with Crippen LogP contribution in [0, 0.1) is 11.7 Å². The molecule has 0 spiro atoms. The first-order valence-corrected chi connectivity index (χ1v) is 5.91. The number of hydroxylamine groups is 1. The molecule has 0 radical (unpaired) electrons. The summed E-state index contributed by atoms with van der Waals surface area (Å²) in [6, 6.07) is 4.47. The Morgan fingerprint density at radius 2 is 2.35 bits per heavy atom. The molecule has 0 saturated heterocycles. The minimum absolute atomic E-state index is 0.134. The maximum Gasteiger partial charge on any atom is 0.150 e. The third kappa shape index (κ3) is 3.68. The van der Waals surface area contributed by atoms with Gasteiger partial charge >= 0.3 is 0 Å². The van der Waals surface area contributed by atoms with Gasteiger partial charge < -0.3 is 0 Å². The van der Waals surface area contributed by atoms with Gasteiger partial charge in [0.25, 0.3) is 0 Å². The minimum atomic E-state index is -0.444. The maximum atomic E-state index is 13.4. The molecule has 0 amide bonds. The molecule has 1 aliphatic carbocycles. The molecule has 1 aliphatic rings. The molecule has 1 aromatic carbocycles. The highest BCUT2D eigenvalue weighted by Crippen LogP contribution is 2.29. The summed E-state index contributed by atoms with van der Waals surface area (Å²) in [6.07, 6.45) is 2.44. The SMILES string of the molecule is CC(=Nc1c(F)cccc1Cl)NOCC1CC1. The van der Waals surface area contributed by atoms with E-state index in [0.29, 0.717) is 18.4 Å². The number of benzene rings is 1. The third-order valence-electron chi connectivity index (χ3n) is 2.45. The molecule has 0 heterocycles. The topological polar surface area (TPSA) is 33.6 Å². The minimum Gasteiger partial charge on any atom is -0.275 e. The predicted octanol–water partition coefficient (Wildman–Crippen LogP) is 3.46. The summed E-state index contributed by atoms with van der Waals surface area (Å²) in [5, 5.41) is 0.286. The van der Waals surface area contributed by atoms with E-state index in [-0.39, 0.29) is 10.7 Å². The van der Waals surface area contributed by atoms with E-state index in [1.165, 1.54) is 18.9 Å². The van der Waals surface area contributed by atoms with Crippen molar-refractivity contribution in [1.82, 2.24) is 5.48 Å². The van der Waals surface area contributed by atoms with Crippen LogP contribution in [0.25, 0.3) is 0 Å². The summed E-state index contributed by atoms with van der Waals surface area (Å²) in [4.78, 5) is 9.27. The number of amidine groups is 1. The molecule has 3 nitrogen and oxygen atoms in total. The molecule has 0 aliphatic heterocycles. The first kappa shape index (κ1) is 12.3. The van der Waals surface area contributed by atoms with Crippen molar-refractivity contribution >= 4 is 23.1 Å². The first-order chi connectivity index (χ1) is 8.16. The Hall–Kier alpha value is -1.13. The van der Waals surface area contributed by atoms with Crippen molar-refractivity contribution in [1.29, 1.82) is 0 Å². The van der Waals surface area contributed by atoms with Crippen LogP contribution in [0.1, 0.15) is 19.8 Å². The Kier molecular flexibility index (Phi) is 3.97. The molecule has 5 heteroatoms. The van der Waals surface area contributed by atoms with Gasteiger partial charge in [-0.2, -0.15) is 0 Å². The van der Waals surface area contributed by atoms with Crippen LogP contribution in [-0.2, 0) is 4.84 Å². The van der Waals surface area contributed by atoms with Crippen LogP contribution < -0.4 is 5.48 Å². The van der Waals surface area contributed by atoms with Gasteiger partial charge in [-0.05, 0) is 37.8 Å². The lowest BCUT2D eigenvalue weighted by Crippen LogP contribution is -2.21. The molecule has 1 N–H and O–H groups in total. The van der Waals surface area contributed by atoms with Crippen molar-refractivity contribution in [2.24, 2.45) is 10.9 Å². The van der Waals surface area contributed by atoms with Crippen LogP contribution in [0.4, 0.5) is 10.1 Å². The highest BCUT2D eigenvalue weighted by atomic mass is 35.5. The Labute approximate surface area is 105 Å². The fraction of sp³-hybridized carbons (Fsp3) is 0.417. The normalized spacial score (nSPS) is 16.1. The summed E-state index contributed by atoms with van der Waals surface area (Å²) in [5.74, 6) is 0.700. The van der Waals surface area contributed by atoms with Crippen LogP contribution in [0.2, 0.25) is 5.02 Å². The van der Waals surface area contributed by atoms with Gasteiger partial charge in [-0.1, -0.05) is 17.7 Å². The maximum absolute atomic E-state index is 13.4. The fourth-order valence-corrected chi connectivity index (χ4v) is 1.54. The van der Waals surface area contributed by atoms with Crippen LogP contribution in [-0.4, -0.2) is 12.4 Å². The molecule has 92 valence electrons. The summed E-state index contributed by atoms with van der Waals surface area (Å²) in [5.41, 5.74) is 2.82. The average molecular weight is 257 g/mol. The van der Waals surface area contributed by atoms with Crippen molar-refractivity contribution in [3.63, 3.8) is 0 Å². The van der Waals surface area contributed by atoms with Crippen LogP contribution in [0.3, 0.4) is 0 Å². The van der Waals surface area contributed by atoms with E-state index in [1.54, 1.807) is 19.1 Å². The van der Waals surface area contributed by atoms with Crippen LogP contribution in [0.15, 0.2) is 23.2 Å². The highest BCUT2D eigenvalue weighted by Gasteiger charge is 2.21. The summed E-state index contributed by atoms with van der Waals surface area (Å²) >= 11 is 5.85. The van der Waals surface area contributed by atoms with E-state index >= 15 is 0 Å². The number of nitrogens with zero attached hydrogens (tertiary/aromatic N) is 1. The predicted molar refractivity (Wildman–Crippen MR) is 66.0 cm³/mol. The van der Waals surface area contributed by atoms with E-state index in [0.717, 1.165) is 0 Å². The molecular weight excluding hydrogens is 243 g/mol. The number of nitrogens with one attached hydrogen (secondary N) is 1. The lowest BCUT2D eigenvalue weighted by Gasteiger charge is -2.06. The van der Waals surface area contributed by atoms with E-state index < -0.39 is 5.82 Å². The standard InChI is InChI=1S/C12H14ClFN2O/c1-8(16-17-7-9-5-6-9)15-12-10(13)3-2-4-11(12)14/h2-4,9H,5-7H2,1H3,(H,15,16). The van der Waals surface area contributed by atoms with E-state index in [9.17, 15) is 4.39 Å². The molecule has 0 atom stereocenters. The monoisotopic (exact) mass is 256 g/mol. The van der Waals surface area contributed by atoms with Gasteiger partial charge in [-0.3, -0.25) is 10.3 Å². The van der Waals surface area contributed by atoms with Crippen molar-refractivity contribution in [2.45, 2.75) is 19.8 Å². The van der Waals surface area contributed by atoms with Gasteiger partial charge in [-0.15, -0.1) is 0 Å². The molecule has 0 bridgehead atoms. The number of para-hydroxylation sites is 1. The zero-order valence-electron chi connectivity index (χ0n) is 9.54. The third-order valence-corrected chi connectivity index (χ3v) is 2.76. The van der Waals surface area contributed by atoms with Gasteiger partial charge in [0.15, 0.2) is 0 Å². The molecule has 0 unspecified atom stereocenters. The van der Waals surface area contributed by atoms with Crippen molar-refractivity contribution in [3.8, 4) is 0 Å². The second kappa shape index (κ2) is 5.47. The van der Waals surface area contributed by atoms with Crippen LogP contribution in [0.5, 0.6) is 0 Å². The van der Waals surface area contributed by atoms with Crippen molar-refractivity contribution in [2.75, 3.05) is 6.61 Å². The van der Waals surface area contributed by atoms with Gasteiger partial charge in [0.1, 0.15) is 17.3 Å². The van der Waals surface area contributed by atoms with Gasteiger partial charge in [0.05, 0.1) is 11.6 Å². The average Bonchev–Trinajstić information content (AvgIpc) is 3.08. The highest BCUT2D eigenvalue weighted by molar-refractivity contribution is 6.33. The molecule has 1 aromatic rings. The van der Waals surface area contributed by atoms with Gasteiger partial charge in [0, 0.05) is 0 Å². The zero-order chi connectivity index (χ0) is 12.3. The van der Waals surface area contributed by atoms with Gasteiger partial charge in [0.2, 0.25) is 0 Å².